The average molecular weight is 222 g/mol. The fourth-order valence-corrected chi connectivity index (χ4v) is 1.77. The quantitative estimate of drug-likeness (QED) is 0.801. The van der Waals surface area contributed by atoms with Gasteiger partial charge in [0.05, 0.1) is 12.7 Å². The van der Waals surface area contributed by atoms with Crippen LogP contribution in [0.4, 0.5) is 0 Å². The molecule has 0 aromatic heterocycles. The van der Waals surface area contributed by atoms with Gasteiger partial charge in [0.25, 0.3) is 0 Å². The highest BCUT2D eigenvalue weighted by atomic mass is 16.5. The largest absolute Gasteiger partial charge is 0.383 e. The Hall–Kier alpha value is -0.860. The summed E-state index contributed by atoms with van der Waals surface area (Å²) >= 11 is 0. The van der Waals surface area contributed by atoms with Gasteiger partial charge in [-0.25, -0.2) is 0 Å². The Morgan fingerprint density at radius 3 is 2.38 bits per heavy atom. The molecule has 0 bridgehead atoms. The molecular weight excluding hydrogens is 200 g/mol. The van der Waals surface area contributed by atoms with Gasteiger partial charge in [-0.1, -0.05) is 43.7 Å². The van der Waals surface area contributed by atoms with Gasteiger partial charge in [-0.3, -0.25) is 0 Å². The molecule has 2 heteroatoms. The maximum atomic E-state index is 10.6. The summed E-state index contributed by atoms with van der Waals surface area (Å²) in [5.74, 6) is 0. The maximum absolute atomic E-state index is 10.6. The fraction of sp³-hybridized carbons (Fsp3) is 0.571. The molecule has 2 nitrogen and oxygen atoms in total. The Balaban J connectivity index is 2.79. The second-order valence-corrected chi connectivity index (χ2v) is 4.51. The Labute approximate surface area is 98.3 Å². The van der Waals surface area contributed by atoms with E-state index in [4.69, 9.17) is 4.74 Å². The lowest BCUT2D eigenvalue weighted by atomic mass is 9.90. The standard InChI is InChI=1S/C14H22O2/c1-4-10-14(15,11-16-12(2)3)13-8-6-5-7-9-13/h5-9,12,15H,4,10-11H2,1-3H3. The normalized spacial score (nSPS) is 15.1. The van der Waals surface area contributed by atoms with E-state index in [1.807, 2.05) is 44.2 Å². The van der Waals surface area contributed by atoms with E-state index in [1.165, 1.54) is 0 Å². The molecule has 1 aromatic carbocycles. The zero-order valence-electron chi connectivity index (χ0n) is 10.4. The molecule has 1 N–H and O–H groups in total. The lowest BCUT2D eigenvalue weighted by Gasteiger charge is -2.29. The minimum atomic E-state index is -0.847. The summed E-state index contributed by atoms with van der Waals surface area (Å²) in [5, 5.41) is 10.6. The predicted molar refractivity (Wildman–Crippen MR) is 66.3 cm³/mol. The molecule has 0 heterocycles. The van der Waals surface area contributed by atoms with Gasteiger partial charge >= 0.3 is 0 Å². The third kappa shape index (κ3) is 3.62. The highest BCUT2D eigenvalue weighted by Crippen LogP contribution is 2.27. The lowest BCUT2D eigenvalue weighted by Crippen LogP contribution is -2.32. The topological polar surface area (TPSA) is 29.5 Å². The minimum Gasteiger partial charge on any atom is -0.383 e. The van der Waals surface area contributed by atoms with Crippen molar-refractivity contribution in [1.29, 1.82) is 0 Å². The molecule has 1 unspecified atom stereocenters. The van der Waals surface area contributed by atoms with Gasteiger partial charge < -0.3 is 9.84 Å². The van der Waals surface area contributed by atoms with E-state index in [9.17, 15) is 5.11 Å². The zero-order valence-corrected chi connectivity index (χ0v) is 10.4. The van der Waals surface area contributed by atoms with Crippen LogP contribution in [0.1, 0.15) is 39.2 Å². The van der Waals surface area contributed by atoms with Crippen LogP contribution >= 0.6 is 0 Å². The summed E-state index contributed by atoms with van der Waals surface area (Å²) in [6.45, 7) is 6.40. The maximum Gasteiger partial charge on any atom is 0.113 e. The number of hydrogen-bond donors (Lipinski definition) is 1. The van der Waals surface area contributed by atoms with Crippen LogP contribution < -0.4 is 0 Å². The summed E-state index contributed by atoms with van der Waals surface area (Å²) in [7, 11) is 0. The van der Waals surface area contributed by atoms with Crippen LogP contribution in [0.15, 0.2) is 30.3 Å². The van der Waals surface area contributed by atoms with Crippen LogP contribution in [0.25, 0.3) is 0 Å². The van der Waals surface area contributed by atoms with Crippen LogP contribution in [0.2, 0.25) is 0 Å². The van der Waals surface area contributed by atoms with Crippen molar-refractivity contribution in [2.45, 2.75) is 45.3 Å². The Morgan fingerprint density at radius 2 is 1.88 bits per heavy atom. The van der Waals surface area contributed by atoms with E-state index < -0.39 is 5.60 Å². The van der Waals surface area contributed by atoms with Crippen LogP contribution in [0.5, 0.6) is 0 Å². The Morgan fingerprint density at radius 1 is 1.25 bits per heavy atom. The van der Waals surface area contributed by atoms with Crippen molar-refractivity contribution in [1.82, 2.24) is 0 Å². The molecule has 0 saturated carbocycles. The van der Waals surface area contributed by atoms with E-state index in [0.29, 0.717) is 6.61 Å². The van der Waals surface area contributed by atoms with Crippen molar-refractivity contribution in [3.8, 4) is 0 Å². The highest BCUT2D eigenvalue weighted by molar-refractivity contribution is 5.22. The number of aliphatic hydroxyl groups is 1. The first-order chi connectivity index (χ1) is 7.58. The monoisotopic (exact) mass is 222 g/mol. The van der Waals surface area contributed by atoms with Gasteiger partial charge in [-0.05, 0) is 25.8 Å². The second kappa shape index (κ2) is 6.02. The molecular formula is C14H22O2. The first-order valence-electron chi connectivity index (χ1n) is 5.98. The number of rotatable bonds is 6. The van der Waals surface area contributed by atoms with E-state index in [-0.39, 0.29) is 6.10 Å². The van der Waals surface area contributed by atoms with Gasteiger partial charge in [-0.15, -0.1) is 0 Å². The minimum absolute atomic E-state index is 0.145. The molecule has 0 radical (unpaired) electrons. The first kappa shape index (κ1) is 13.2. The van der Waals surface area contributed by atoms with Crippen LogP contribution in [-0.2, 0) is 10.3 Å². The molecule has 0 amide bonds. The summed E-state index contributed by atoms with van der Waals surface area (Å²) < 4.78 is 5.56. The average Bonchev–Trinajstić information content (AvgIpc) is 2.28. The van der Waals surface area contributed by atoms with Crippen molar-refractivity contribution in [3.63, 3.8) is 0 Å². The van der Waals surface area contributed by atoms with E-state index in [2.05, 4.69) is 6.92 Å². The molecule has 90 valence electrons. The van der Waals surface area contributed by atoms with Crippen LogP contribution in [-0.4, -0.2) is 17.8 Å². The predicted octanol–water partition coefficient (Wildman–Crippen LogP) is 3.10. The molecule has 0 spiro atoms. The highest BCUT2D eigenvalue weighted by Gasteiger charge is 2.28. The van der Waals surface area contributed by atoms with Crippen LogP contribution in [0, 0.1) is 0 Å². The van der Waals surface area contributed by atoms with Gasteiger partial charge in [0.2, 0.25) is 0 Å². The summed E-state index contributed by atoms with van der Waals surface area (Å²) in [4.78, 5) is 0. The third-order valence-corrected chi connectivity index (χ3v) is 2.63. The second-order valence-electron chi connectivity index (χ2n) is 4.51. The van der Waals surface area contributed by atoms with Gasteiger partial charge in [-0.2, -0.15) is 0 Å². The lowest BCUT2D eigenvalue weighted by molar-refractivity contribution is -0.0742. The van der Waals surface area contributed by atoms with Gasteiger partial charge in [0, 0.05) is 0 Å². The SMILES string of the molecule is CCCC(O)(COC(C)C)c1ccccc1. The summed E-state index contributed by atoms with van der Waals surface area (Å²) in [6, 6.07) is 9.77. The first-order valence-corrected chi connectivity index (χ1v) is 5.98. The molecule has 0 fully saturated rings. The Kier molecular flexibility index (Phi) is 4.97. The molecule has 0 aliphatic rings. The van der Waals surface area contributed by atoms with Crippen molar-refractivity contribution >= 4 is 0 Å². The smallest absolute Gasteiger partial charge is 0.113 e. The third-order valence-electron chi connectivity index (χ3n) is 2.63. The number of benzene rings is 1. The van der Waals surface area contributed by atoms with Crippen molar-refractivity contribution in [3.05, 3.63) is 35.9 Å². The van der Waals surface area contributed by atoms with Crippen molar-refractivity contribution in [2.24, 2.45) is 0 Å². The molecule has 16 heavy (non-hydrogen) atoms. The number of hydrogen-bond acceptors (Lipinski definition) is 2. The van der Waals surface area contributed by atoms with Crippen LogP contribution in [0.3, 0.4) is 0 Å². The van der Waals surface area contributed by atoms with E-state index >= 15 is 0 Å². The fourth-order valence-electron chi connectivity index (χ4n) is 1.77. The molecule has 1 rings (SSSR count). The van der Waals surface area contributed by atoms with E-state index in [1.54, 1.807) is 0 Å². The van der Waals surface area contributed by atoms with Gasteiger partial charge in [0.15, 0.2) is 0 Å². The van der Waals surface area contributed by atoms with Crippen molar-refractivity contribution < 1.29 is 9.84 Å². The molecule has 0 saturated heterocycles. The van der Waals surface area contributed by atoms with Crippen molar-refractivity contribution in [2.75, 3.05) is 6.61 Å². The molecule has 0 aliphatic heterocycles. The molecule has 1 atom stereocenters. The van der Waals surface area contributed by atoms with Gasteiger partial charge in [0.1, 0.15) is 5.60 Å². The molecule has 0 aliphatic carbocycles. The van der Waals surface area contributed by atoms with E-state index in [0.717, 1.165) is 18.4 Å². The summed E-state index contributed by atoms with van der Waals surface area (Å²) in [6.07, 6.45) is 1.81. The number of ether oxygens (including phenoxy) is 1. The zero-order chi connectivity index (χ0) is 12.0. The summed E-state index contributed by atoms with van der Waals surface area (Å²) in [5.41, 5.74) is 0.0952. The molecule has 1 aromatic rings. The Bertz CT molecular complexity index is 295.